The number of allylic oxidation sites excluding steroid dienone is 2. The van der Waals surface area contributed by atoms with Gasteiger partial charge in [-0.3, -0.25) is 4.79 Å². The highest BCUT2D eigenvalue weighted by molar-refractivity contribution is 5.92. The second kappa shape index (κ2) is 7.66. The normalized spacial score (nSPS) is 41.9. The molecular formula is C24H36O5. The Morgan fingerprint density at radius 3 is 2.59 bits per heavy atom. The summed E-state index contributed by atoms with van der Waals surface area (Å²) in [5.41, 5.74) is -0.00241. The Kier molecular flexibility index (Phi) is 5.87. The van der Waals surface area contributed by atoms with Gasteiger partial charge >= 0.3 is 5.97 Å². The zero-order valence-electron chi connectivity index (χ0n) is 18.6. The van der Waals surface area contributed by atoms with Gasteiger partial charge in [0.05, 0.1) is 12.7 Å². The van der Waals surface area contributed by atoms with E-state index in [4.69, 9.17) is 4.74 Å². The molecule has 1 spiro atoms. The third-order valence-electron chi connectivity index (χ3n) is 8.39. The SMILES string of the molecule is C/C=C(/C)C(=O)OC1C(C)CC23CCC(C)C(C)(C)C(C=C(CO)C(O)C12)C3=O. The fourth-order valence-electron chi connectivity index (χ4n) is 5.94. The maximum absolute atomic E-state index is 14.0. The van der Waals surface area contributed by atoms with E-state index < -0.39 is 29.5 Å². The Labute approximate surface area is 174 Å². The molecule has 3 aliphatic rings. The van der Waals surface area contributed by atoms with Crippen molar-refractivity contribution in [2.24, 2.45) is 34.5 Å². The molecule has 2 bridgehead atoms. The first-order chi connectivity index (χ1) is 13.5. The molecule has 3 rings (SSSR count). The van der Waals surface area contributed by atoms with Gasteiger partial charge < -0.3 is 14.9 Å². The van der Waals surface area contributed by atoms with Crippen LogP contribution in [0.3, 0.4) is 0 Å². The van der Waals surface area contributed by atoms with E-state index in [0.29, 0.717) is 29.9 Å². The third kappa shape index (κ3) is 3.31. The van der Waals surface area contributed by atoms with Gasteiger partial charge in [-0.15, -0.1) is 0 Å². The van der Waals surface area contributed by atoms with Crippen LogP contribution >= 0.6 is 0 Å². The minimum Gasteiger partial charge on any atom is -0.458 e. The molecule has 2 fully saturated rings. The highest BCUT2D eigenvalue weighted by atomic mass is 16.5. The minimum absolute atomic E-state index is 0.0394. The molecule has 0 aromatic carbocycles. The first kappa shape index (κ1) is 22.2. The zero-order valence-corrected chi connectivity index (χ0v) is 18.6. The average Bonchev–Trinajstić information content (AvgIpc) is 2.89. The van der Waals surface area contributed by atoms with Gasteiger partial charge in [0.15, 0.2) is 0 Å². The Bertz CT molecular complexity index is 748. The summed E-state index contributed by atoms with van der Waals surface area (Å²) in [7, 11) is 0. The van der Waals surface area contributed by atoms with Crippen LogP contribution in [0.1, 0.15) is 60.8 Å². The van der Waals surface area contributed by atoms with E-state index in [9.17, 15) is 19.8 Å². The molecule has 0 heterocycles. The van der Waals surface area contributed by atoms with Crippen molar-refractivity contribution in [3.8, 4) is 0 Å². The molecule has 5 nitrogen and oxygen atoms in total. The van der Waals surface area contributed by atoms with E-state index in [1.165, 1.54) is 0 Å². The van der Waals surface area contributed by atoms with Gasteiger partial charge in [-0.25, -0.2) is 4.79 Å². The molecule has 162 valence electrons. The van der Waals surface area contributed by atoms with Crippen molar-refractivity contribution >= 4 is 11.8 Å². The second-order valence-electron chi connectivity index (χ2n) is 10.2. The van der Waals surface area contributed by atoms with Gasteiger partial charge in [-0.05, 0) is 55.9 Å². The Morgan fingerprint density at radius 1 is 1.34 bits per heavy atom. The van der Waals surface area contributed by atoms with Crippen molar-refractivity contribution in [2.75, 3.05) is 6.61 Å². The first-order valence-corrected chi connectivity index (χ1v) is 10.9. The van der Waals surface area contributed by atoms with Crippen molar-refractivity contribution in [2.45, 2.75) is 73.0 Å². The molecule has 2 saturated carbocycles. The Morgan fingerprint density at radius 2 is 2.00 bits per heavy atom. The lowest BCUT2D eigenvalue weighted by Crippen LogP contribution is -2.47. The molecule has 29 heavy (non-hydrogen) atoms. The molecule has 0 aliphatic heterocycles. The predicted octanol–water partition coefficient (Wildman–Crippen LogP) is 3.44. The second-order valence-corrected chi connectivity index (χ2v) is 10.2. The number of ether oxygens (including phenoxy) is 1. The number of carbonyl (C=O) groups is 2. The Balaban J connectivity index is 2.13. The largest absolute Gasteiger partial charge is 0.458 e. The summed E-state index contributed by atoms with van der Waals surface area (Å²) in [6.45, 7) is 11.6. The van der Waals surface area contributed by atoms with Crippen LogP contribution < -0.4 is 0 Å². The van der Waals surface area contributed by atoms with E-state index in [1.807, 2.05) is 13.0 Å². The van der Waals surface area contributed by atoms with Crippen molar-refractivity contribution < 1.29 is 24.5 Å². The van der Waals surface area contributed by atoms with Gasteiger partial charge in [0.1, 0.15) is 11.9 Å². The third-order valence-corrected chi connectivity index (χ3v) is 8.39. The lowest BCUT2D eigenvalue weighted by Gasteiger charge is -2.38. The number of hydrogen-bond acceptors (Lipinski definition) is 5. The summed E-state index contributed by atoms with van der Waals surface area (Å²) in [6.07, 6.45) is 4.15. The van der Waals surface area contributed by atoms with E-state index in [-0.39, 0.29) is 29.6 Å². The molecule has 0 radical (unpaired) electrons. The number of aliphatic hydroxyl groups excluding tert-OH is 2. The number of hydrogen-bond donors (Lipinski definition) is 2. The molecule has 7 atom stereocenters. The highest BCUT2D eigenvalue weighted by Gasteiger charge is 2.64. The van der Waals surface area contributed by atoms with E-state index in [0.717, 1.165) is 6.42 Å². The molecule has 0 aromatic rings. The summed E-state index contributed by atoms with van der Waals surface area (Å²) in [4.78, 5) is 26.5. The van der Waals surface area contributed by atoms with Gasteiger partial charge in [-0.2, -0.15) is 0 Å². The van der Waals surface area contributed by atoms with Crippen molar-refractivity contribution in [3.05, 3.63) is 23.3 Å². The minimum atomic E-state index is -0.994. The lowest BCUT2D eigenvalue weighted by atomic mass is 9.65. The lowest BCUT2D eigenvalue weighted by molar-refractivity contribution is -0.154. The molecule has 2 N–H and O–H groups in total. The number of fused-ring (bicyclic) bond motifs is 1. The number of rotatable bonds is 3. The van der Waals surface area contributed by atoms with Crippen LogP contribution in [0.25, 0.3) is 0 Å². The van der Waals surface area contributed by atoms with Crippen LogP contribution in [0.2, 0.25) is 0 Å². The fraction of sp³-hybridized carbons (Fsp3) is 0.750. The van der Waals surface area contributed by atoms with Crippen LogP contribution in [0.5, 0.6) is 0 Å². The summed E-state index contributed by atoms with van der Waals surface area (Å²) >= 11 is 0. The standard InChI is InChI=1S/C24H36O5/c1-7-13(2)22(28)29-20-14(3)11-24-9-8-15(4)23(5,6)17(21(24)27)10-16(12-25)19(26)18(20)24/h7,10,14-15,17-20,25-26H,8-9,11-12H2,1-6H3/b13-7-. The maximum atomic E-state index is 14.0. The predicted molar refractivity (Wildman–Crippen MR) is 111 cm³/mol. The van der Waals surface area contributed by atoms with Crippen molar-refractivity contribution in [1.29, 1.82) is 0 Å². The highest BCUT2D eigenvalue weighted by Crippen LogP contribution is 2.61. The number of esters is 1. The zero-order chi connectivity index (χ0) is 21.7. The van der Waals surface area contributed by atoms with E-state index in [1.54, 1.807) is 19.9 Å². The number of carbonyl (C=O) groups excluding carboxylic acids is 2. The maximum Gasteiger partial charge on any atom is 0.333 e. The van der Waals surface area contributed by atoms with Gasteiger partial charge in [0.25, 0.3) is 0 Å². The summed E-state index contributed by atoms with van der Waals surface area (Å²) < 4.78 is 5.89. The average molecular weight is 405 g/mol. The summed E-state index contributed by atoms with van der Waals surface area (Å²) in [6, 6.07) is 0. The van der Waals surface area contributed by atoms with Gasteiger partial charge in [-0.1, -0.05) is 39.8 Å². The molecule has 7 unspecified atom stereocenters. The van der Waals surface area contributed by atoms with Crippen LogP contribution in [0, 0.1) is 34.5 Å². The number of Topliss-reactive ketones (excluding diaryl/α,β-unsaturated/α-hetero) is 1. The fourth-order valence-corrected chi connectivity index (χ4v) is 5.94. The van der Waals surface area contributed by atoms with Crippen molar-refractivity contribution in [3.63, 3.8) is 0 Å². The van der Waals surface area contributed by atoms with E-state index in [2.05, 4.69) is 20.8 Å². The topological polar surface area (TPSA) is 83.8 Å². The quantitative estimate of drug-likeness (QED) is 0.428. The molecule has 3 aliphatic carbocycles. The summed E-state index contributed by atoms with van der Waals surface area (Å²) in [5.74, 6) is -0.859. The van der Waals surface area contributed by atoms with Crippen LogP contribution in [-0.4, -0.2) is 40.8 Å². The van der Waals surface area contributed by atoms with Crippen molar-refractivity contribution in [1.82, 2.24) is 0 Å². The number of ketones is 1. The molecule has 0 saturated heterocycles. The van der Waals surface area contributed by atoms with Gasteiger partial charge in [0.2, 0.25) is 0 Å². The van der Waals surface area contributed by atoms with Crippen LogP contribution in [0.4, 0.5) is 0 Å². The van der Waals surface area contributed by atoms with Crippen LogP contribution in [-0.2, 0) is 14.3 Å². The summed E-state index contributed by atoms with van der Waals surface area (Å²) in [5, 5.41) is 21.3. The molecule has 0 amide bonds. The first-order valence-electron chi connectivity index (χ1n) is 10.9. The van der Waals surface area contributed by atoms with Gasteiger partial charge in [0, 0.05) is 22.8 Å². The van der Waals surface area contributed by atoms with Crippen LogP contribution in [0.15, 0.2) is 23.3 Å². The Hall–Kier alpha value is -1.46. The molecule has 5 heteroatoms. The number of aliphatic hydroxyl groups is 2. The smallest absolute Gasteiger partial charge is 0.333 e. The monoisotopic (exact) mass is 404 g/mol. The molecular weight excluding hydrogens is 368 g/mol. The molecule has 0 aromatic heterocycles. The van der Waals surface area contributed by atoms with E-state index >= 15 is 0 Å².